The van der Waals surface area contributed by atoms with Gasteiger partial charge in [-0.05, 0) is 58.6 Å². The predicted molar refractivity (Wildman–Crippen MR) is 151 cm³/mol. The van der Waals surface area contributed by atoms with Crippen molar-refractivity contribution in [2.45, 2.75) is 51.5 Å². The molecule has 7 nitrogen and oxygen atoms in total. The SMILES string of the molecule is CC(C)CN(CCC(=O)O)C(=O)N[C@](Cc1ccc(-c2ccccc2)cc1)(C(=O)O)c1ccc2c(c1)CCC2. The van der Waals surface area contributed by atoms with E-state index in [1.54, 1.807) is 6.07 Å². The Hall–Kier alpha value is -4.13. The van der Waals surface area contributed by atoms with E-state index in [0.717, 1.165) is 41.5 Å². The number of carboxylic acid groups (broad SMARTS) is 2. The molecule has 1 aliphatic rings. The number of aliphatic carboxylic acids is 2. The number of nitrogens with one attached hydrogen (secondary N) is 1. The number of fused-ring (bicyclic) bond motifs is 1. The molecule has 0 aromatic heterocycles. The Morgan fingerprint density at radius 1 is 0.897 bits per heavy atom. The van der Waals surface area contributed by atoms with E-state index in [-0.39, 0.29) is 25.3 Å². The lowest BCUT2D eigenvalue weighted by molar-refractivity contribution is -0.145. The minimum Gasteiger partial charge on any atom is -0.481 e. The molecule has 3 aromatic rings. The van der Waals surface area contributed by atoms with Crippen LogP contribution in [0.1, 0.15) is 48.9 Å². The Kier molecular flexibility index (Phi) is 8.69. The van der Waals surface area contributed by atoms with Crippen LogP contribution in [-0.2, 0) is 34.4 Å². The Bertz CT molecular complexity index is 1320. The van der Waals surface area contributed by atoms with Gasteiger partial charge in [-0.1, -0.05) is 86.6 Å². The maximum Gasteiger partial charge on any atom is 0.334 e. The molecule has 0 saturated heterocycles. The number of carboxylic acids is 2. The summed E-state index contributed by atoms with van der Waals surface area (Å²) in [5.74, 6) is -2.10. The molecule has 0 unspecified atom stereocenters. The fraction of sp³-hybridized carbons (Fsp3) is 0.344. The van der Waals surface area contributed by atoms with Gasteiger partial charge in [0.2, 0.25) is 0 Å². The van der Waals surface area contributed by atoms with Crippen LogP contribution in [0.25, 0.3) is 11.1 Å². The summed E-state index contributed by atoms with van der Waals surface area (Å²) in [5.41, 5.74) is 3.93. The van der Waals surface area contributed by atoms with Crippen molar-refractivity contribution >= 4 is 18.0 Å². The summed E-state index contributed by atoms with van der Waals surface area (Å²) in [6.45, 7) is 4.16. The molecular formula is C32H36N2O5. The number of carbonyl (C=O) groups is 3. The van der Waals surface area contributed by atoms with Gasteiger partial charge in [0.15, 0.2) is 5.54 Å². The quantitative estimate of drug-likeness (QED) is 0.304. The van der Waals surface area contributed by atoms with E-state index in [0.29, 0.717) is 12.1 Å². The number of rotatable bonds is 11. The molecule has 2 amide bonds. The fourth-order valence-electron chi connectivity index (χ4n) is 5.27. The number of hydrogen-bond donors (Lipinski definition) is 3. The molecule has 39 heavy (non-hydrogen) atoms. The molecular weight excluding hydrogens is 492 g/mol. The van der Waals surface area contributed by atoms with E-state index in [1.807, 2.05) is 80.6 Å². The van der Waals surface area contributed by atoms with Crippen molar-refractivity contribution in [3.05, 3.63) is 95.1 Å². The summed E-state index contributed by atoms with van der Waals surface area (Å²) < 4.78 is 0. The monoisotopic (exact) mass is 528 g/mol. The van der Waals surface area contributed by atoms with Crippen molar-refractivity contribution in [3.63, 3.8) is 0 Å². The summed E-state index contributed by atoms with van der Waals surface area (Å²) in [4.78, 5) is 39.4. The van der Waals surface area contributed by atoms with E-state index < -0.39 is 23.5 Å². The van der Waals surface area contributed by atoms with Crippen molar-refractivity contribution in [1.82, 2.24) is 10.2 Å². The smallest absolute Gasteiger partial charge is 0.334 e. The average Bonchev–Trinajstić information content (AvgIpc) is 3.39. The van der Waals surface area contributed by atoms with Crippen LogP contribution in [0.2, 0.25) is 0 Å². The Balaban J connectivity index is 1.72. The first-order valence-electron chi connectivity index (χ1n) is 13.5. The van der Waals surface area contributed by atoms with Crippen LogP contribution in [-0.4, -0.2) is 46.2 Å². The zero-order valence-corrected chi connectivity index (χ0v) is 22.5. The standard InChI is InChI=1S/C32H36N2O5/c1-22(2)21-34(18-17-29(35)36)31(39)33-32(30(37)38,28-16-15-25-9-6-10-27(25)19-28)20-23-11-13-26(14-12-23)24-7-4-3-5-8-24/h3-5,7-8,11-16,19,22H,6,9-10,17-18,20-21H2,1-2H3,(H,33,39)(H,35,36)(H,37,38)/t32-/m0/s1. The number of aryl methyl sites for hydroxylation is 2. The van der Waals surface area contributed by atoms with Gasteiger partial charge in [0, 0.05) is 19.5 Å². The van der Waals surface area contributed by atoms with E-state index in [9.17, 15) is 24.6 Å². The molecule has 3 aromatic carbocycles. The van der Waals surface area contributed by atoms with Crippen molar-refractivity contribution in [1.29, 1.82) is 0 Å². The number of benzene rings is 3. The highest BCUT2D eigenvalue weighted by molar-refractivity contribution is 5.88. The number of urea groups is 1. The molecule has 204 valence electrons. The number of nitrogens with zero attached hydrogens (tertiary/aromatic N) is 1. The lowest BCUT2D eigenvalue weighted by Crippen LogP contribution is -2.57. The molecule has 0 bridgehead atoms. The second-order valence-corrected chi connectivity index (χ2v) is 10.7. The molecule has 0 spiro atoms. The van der Waals surface area contributed by atoms with E-state index in [1.165, 1.54) is 10.5 Å². The normalized spacial score (nSPS) is 13.9. The molecule has 0 aliphatic heterocycles. The summed E-state index contributed by atoms with van der Waals surface area (Å²) >= 11 is 0. The third kappa shape index (κ3) is 6.66. The summed E-state index contributed by atoms with van der Waals surface area (Å²) in [5, 5.41) is 22.8. The van der Waals surface area contributed by atoms with E-state index in [2.05, 4.69) is 5.32 Å². The number of carbonyl (C=O) groups excluding carboxylic acids is 1. The first-order valence-corrected chi connectivity index (χ1v) is 13.5. The van der Waals surface area contributed by atoms with Crippen molar-refractivity contribution < 1.29 is 24.6 Å². The average molecular weight is 529 g/mol. The van der Waals surface area contributed by atoms with E-state index in [4.69, 9.17) is 0 Å². The van der Waals surface area contributed by atoms with Gasteiger partial charge >= 0.3 is 18.0 Å². The molecule has 0 fully saturated rings. The number of hydrogen-bond acceptors (Lipinski definition) is 3. The van der Waals surface area contributed by atoms with Gasteiger partial charge in [0.05, 0.1) is 6.42 Å². The van der Waals surface area contributed by atoms with Gasteiger partial charge in [0.1, 0.15) is 0 Å². The van der Waals surface area contributed by atoms with Gasteiger partial charge in [0.25, 0.3) is 0 Å². The van der Waals surface area contributed by atoms with Crippen LogP contribution >= 0.6 is 0 Å². The van der Waals surface area contributed by atoms with Gasteiger partial charge in [-0.3, -0.25) is 4.79 Å². The van der Waals surface area contributed by atoms with E-state index >= 15 is 0 Å². The molecule has 4 rings (SSSR count). The molecule has 0 radical (unpaired) electrons. The van der Waals surface area contributed by atoms with Crippen LogP contribution in [0.4, 0.5) is 4.79 Å². The first kappa shape index (κ1) is 27.9. The zero-order chi connectivity index (χ0) is 28.0. The summed E-state index contributed by atoms with van der Waals surface area (Å²) in [6, 6.07) is 22.7. The predicted octanol–water partition coefficient (Wildman–Crippen LogP) is 5.51. The third-order valence-electron chi connectivity index (χ3n) is 7.28. The molecule has 0 saturated carbocycles. The lowest BCUT2D eigenvalue weighted by Gasteiger charge is -2.35. The Labute approximate surface area is 229 Å². The molecule has 0 heterocycles. The topological polar surface area (TPSA) is 107 Å². The fourth-order valence-corrected chi connectivity index (χ4v) is 5.27. The van der Waals surface area contributed by atoms with Gasteiger partial charge in [-0.2, -0.15) is 0 Å². The maximum absolute atomic E-state index is 13.6. The second-order valence-electron chi connectivity index (χ2n) is 10.7. The number of amides is 2. The molecule has 1 atom stereocenters. The van der Waals surface area contributed by atoms with Crippen molar-refractivity contribution in [2.24, 2.45) is 5.92 Å². The highest BCUT2D eigenvalue weighted by atomic mass is 16.4. The summed E-state index contributed by atoms with van der Waals surface area (Å²) in [7, 11) is 0. The highest BCUT2D eigenvalue weighted by Crippen LogP contribution is 2.32. The Morgan fingerprint density at radius 3 is 2.21 bits per heavy atom. The van der Waals surface area contributed by atoms with Crippen LogP contribution in [0.5, 0.6) is 0 Å². The molecule has 7 heteroatoms. The first-order chi connectivity index (χ1) is 18.7. The van der Waals surface area contributed by atoms with Crippen LogP contribution < -0.4 is 5.32 Å². The Morgan fingerprint density at radius 2 is 1.56 bits per heavy atom. The summed E-state index contributed by atoms with van der Waals surface area (Å²) in [6.07, 6.45) is 2.66. The van der Waals surface area contributed by atoms with Gasteiger partial charge in [-0.25, -0.2) is 9.59 Å². The van der Waals surface area contributed by atoms with Crippen LogP contribution in [0, 0.1) is 5.92 Å². The third-order valence-corrected chi connectivity index (χ3v) is 7.28. The van der Waals surface area contributed by atoms with Crippen molar-refractivity contribution in [3.8, 4) is 11.1 Å². The van der Waals surface area contributed by atoms with Crippen molar-refractivity contribution in [2.75, 3.05) is 13.1 Å². The zero-order valence-electron chi connectivity index (χ0n) is 22.5. The van der Waals surface area contributed by atoms with Gasteiger partial charge < -0.3 is 20.4 Å². The van der Waals surface area contributed by atoms with Gasteiger partial charge in [-0.15, -0.1) is 0 Å². The largest absolute Gasteiger partial charge is 0.481 e. The minimum absolute atomic E-state index is 0.00892. The second kappa shape index (κ2) is 12.2. The molecule has 3 N–H and O–H groups in total. The van der Waals surface area contributed by atoms with Crippen LogP contribution in [0.15, 0.2) is 72.8 Å². The maximum atomic E-state index is 13.6. The minimum atomic E-state index is -1.73. The molecule has 1 aliphatic carbocycles. The highest BCUT2D eigenvalue weighted by Gasteiger charge is 2.43. The van der Waals surface area contributed by atoms with Crippen LogP contribution in [0.3, 0.4) is 0 Å². The lowest BCUT2D eigenvalue weighted by atomic mass is 9.82.